The van der Waals surface area contributed by atoms with E-state index in [2.05, 4.69) is 17.6 Å². The zero-order valence-electron chi connectivity index (χ0n) is 24.7. The van der Waals surface area contributed by atoms with E-state index in [-0.39, 0.29) is 29.5 Å². The lowest BCUT2D eigenvalue weighted by Gasteiger charge is -2.45. The Morgan fingerprint density at radius 2 is 1.62 bits per heavy atom. The number of carbonyl (C=O) groups is 3. The van der Waals surface area contributed by atoms with E-state index in [1.54, 1.807) is 50.8 Å². The van der Waals surface area contributed by atoms with Crippen molar-refractivity contribution in [3.05, 3.63) is 29.3 Å². The molecule has 210 valence electrons. The van der Waals surface area contributed by atoms with E-state index in [0.29, 0.717) is 17.5 Å². The second-order valence-corrected chi connectivity index (χ2v) is 11.9. The van der Waals surface area contributed by atoms with Gasteiger partial charge in [-0.3, -0.25) is 9.59 Å². The third-order valence-electron chi connectivity index (χ3n) is 6.51. The lowest BCUT2D eigenvalue weighted by Crippen LogP contribution is -2.60. The number of aryl methyl sites for hydroxylation is 1. The van der Waals surface area contributed by atoms with Gasteiger partial charge in [0.15, 0.2) is 0 Å². The van der Waals surface area contributed by atoms with Crippen LogP contribution in [0.5, 0.6) is 5.75 Å². The van der Waals surface area contributed by atoms with Crippen LogP contribution in [0.1, 0.15) is 106 Å². The SMILES string of the molecule is CCCC(C)NC(=O)C(c1ccc(O)c(C)c1)N(C(=O)C(NC(=O)OC(C)(C)C)C(C)C)C(C)(C)CC. The van der Waals surface area contributed by atoms with Gasteiger partial charge in [-0.2, -0.15) is 0 Å². The van der Waals surface area contributed by atoms with E-state index < -0.39 is 29.3 Å². The molecule has 0 fully saturated rings. The van der Waals surface area contributed by atoms with Crippen LogP contribution in [0.15, 0.2) is 18.2 Å². The van der Waals surface area contributed by atoms with Crippen molar-refractivity contribution < 1.29 is 24.2 Å². The smallest absolute Gasteiger partial charge is 0.408 e. The number of benzene rings is 1. The molecule has 3 N–H and O–H groups in total. The highest BCUT2D eigenvalue weighted by atomic mass is 16.6. The third kappa shape index (κ3) is 9.24. The Morgan fingerprint density at radius 1 is 1.03 bits per heavy atom. The maximum atomic E-state index is 14.3. The number of ether oxygens (including phenoxy) is 1. The van der Waals surface area contributed by atoms with Crippen LogP contribution in [-0.2, 0) is 14.3 Å². The Labute approximate surface area is 223 Å². The minimum absolute atomic E-state index is 0.0827. The van der Waals surface area contributed by atoms with Crippen LogP contribution in [0.4, 0.5) is 4.79 Å². The van der Waals surface area contributed by atoms with E-state index in [1.807, 2.05) is 41.5 Å². The van der Waals surface area contributed by atoms with Gasteiger partial charge in [-0.1, -0.05) is 40.2 Å². The number of hydrogen-bond donors (Lipinski definition) is 3. The van der Waals surface area contributed by atoms with Crippen molar-refractivity contribution in [2.24, 2.45) is 5.92 Å². The molecule has 3 amide bonds. The van der Waals surface area contributed by atoms with Crippen molar-refractivity contribution in [1.82, 2.24) is 15.5 Å². The van der Waals surface area contributed by atoms with E-state index >= 15 is 0 Å². The molecular weight excluding hydrogens is 470 g/mol. The number of hydrogen-bond acceptors (Lipinski definition) is 5. The van der Waals surface area contributed by atoms with Gasteiger partial charge in [-0.05, 0) is 90.5 Å². The van der Waals surface area contributed by atoms with Crippen LogP contribution in [0.25, 0.3) is 0 Å². The van der Waals surface area contributed by atoms with Gasteiger partial charge >= 0.3 is 6.09 Å². The molecule has 3 atom stereocenters. The predicted molar refractivity (Wildman–Crippen MR) is 147 cm³/mol. The monoisotopic (exact) mass is 519 g/mol. The summed E-state index contributed by atoms with van der Waals surface area (Å²) in [6.07, 6.45) is 1.59. The molecule has 0 spiro atoms. The number of phenols is 1. The molecule has 1 aromatic rings. The van der Waals surface area contributed by atoms with Gasteiger partial charge in [0.25, 0.3) is 0 Å². The fourth-order valence-corrected chi connectivity index (χ4v) is 4.14. The molecule has 1 aromatic carbocycles. The highest BCUT2D eigenvalue weighted by Gasteiger charge is 2.44. The molecule has 0 aliphatic carbocycles. The average molecular weight is 520 g/mol. The maximum absolute atomic E-state index is 14.3. The second kappa shape index (κ2) is 13.2. The summed E-state index contributed by atoms with van der Waals surface area (Å²) in [5.41, 5.74) is -0.267. The molecule has 0 saturated carbocycles. The summed E-state index contributed by atoms with van der Waals surface area (Å²) in [5.74, 6) is -0.830. The van der Waals surface area contributed by atoms with Gasteiger partial charge in [-0.25, -0.2) is 4.79 Å². The quantitative estimate of drug-likeness (QED) is 0.352. The zero-order valence-corrected chi connectivity index (χ0v) is 24.7. The Kier molecular flexibility index (Phi) is 11.5. The molecule has 0 aromatic heterocycles. The Morgan fingerprint density at radius 3 is 2.08 bits per heavy atom. The topological polar surface area (TPSA) is 108 Å². The maximum Gasteiger partial charge on any atom is 0.408 e. The van der Waals surface area contributed by atoms with Crippen molar-refractivity contribution in [3.63, 3.8) is 0 Å². The molecule has 0 aliphatic rings. The molecule has 0 saturated heterocycles. The van der Waals surface area contributed by atoms with Crippen molar-refractivity contribution in [2.75, 3.05) is 0 Å². The minimum Gasteiger partial charge on any atom is -0.508 e. The van der Waals surface area contributed by atoms with Crippen molar-refractivity contribution in [2.45, 2.75) is 125 Å². The fourth-order valence-electron chi connectivity index (χ4n) is 4.14. The zero-order chi connectivity index (χ0) is 28.7. The molecule has 0 aliphatic heterocycles. The van der Waals surface area contributed by atoms with Crippen molar-refractivity contribution >= 4 is 17.9 Å². The van der Waals surface area contributed by atoms with Crippen molar-refractivity contribution in [1.29, 1.82) is 0 Å². The number of phenolic OH excluding ortho intramolecular Hbond substituents is 1. The standard InChI is InChI=1S/C29H49N3O5/c1-12-14-20(6)30-25(34)24(21-15-16-22(33)19(5)17-21)32(29(10,11)13-2)26(35)23(18(3)4)31-27(36)37-28(7,8)9/h15-18,20,23-24,33H,12-14H2,1-11H3,(H,30,34)(H,31,36). The number of amides is 3. The number of aromatic hydroxyl groups is 1. The van der Waals surface area contributed by atoms with Crippen LogP contribution < -0.4 is 10.6 Å². The number of carbonyl (C=O) groups excluding carboxylic acids is 3. The van der Waals surface area contributed by atoms with Crippen LogP contribution in [0.2, 0.25) is 0 Å². The summed E-state index contributed by atoms with van der Waals surface area (Å²) < 4.78 is 5.43. The van der Waals surface area contributed by atoms with Gasteiger partial charge < -0.3 is 25.4 Å². The van der Waals surface area contributed by atoms with Gasteiger partial charge in [0.1, 0.15) is 23.4 Å². The van der Waals surface area contributed by atoms with E-state index in [9.17, 15) is 19.5 Å². The first kappa shape index (κ1) is 32.3. The summed E-state index contributed by atoms with van der Waals surface area (Å²) >= 11 is 0. The fraction of sp³-hybridized carbons (Fsp3) is 0.690. The van der Waals surface area contributed by atoms with E-state index in [0.717, 1.165) is 12.8 Å². The molecule has 8 nitrogen and oxygen atoms in total. The number of rotatable bonds is 11. The van der Waals surface area contributed by atoms with E-state index in [4.69, 9.17) is 4.74 Å². The van der Waals surface area contributed by atoms with Gasteiger partial charge in [0, 0.05) is 11.6 Å². The minimum atomic E-state index is -0.970. The molecule has 37 heavy (non-hydrogen) atoms. The average Bonchev–Trinajstić information content (AvgIpc) is 2.75. The first-order valence-electron chi connectivity index (χ1n) is 13.4. The lowest BCUT2D eigenvalue weighted by atomic mass is 9.90. The molecule has 3 unspecified atom stereocenters. The number of nitrogens with zero attached hydrogens (tertiary/aromatic N) is 1. The summed E-state index contributed by atoms with van der Waals surface area (Å²) in [7, 11) is 0. The first-order valence-corrected chi connectivity index (χ1v) is 13.4. The summed E-state index contributed by atoms with van der Waals surface area (Å²) in [6, 6.07) is 2.99. The summed E-state index contributed by atoms with van der Waals surface area (Å²) in [5, 5.41) is 16.0. The largest absolute Gasteiger partial charge is 0.508 e. The highest BCUT2D eigenvalue weighted by molar-refractivity contribution is 5.93. The van der Waals surface area contributed by atoms with Crippen LogP contribution in [-0.4, -0.2) is 51.1 Å². The first-order chi connectivity index (χ1) is 16.9. The Balaban J connectivity index is 3.68. The predicted octanol–water partition coefficient (Wildman–Crippen LogP) is 5.61. The number of nitrogens with one attached hydrogen (secondary N) is 2. The van der Waals surface area contributed by atoms with Crippen LogP contribution in [0.3, 0.4) is 0 Å². The van der Waals surface area contributed by atoms with Crippen LogP contribution >= 0.6 is 0 Å². The molecule has 0 heterocycles. The Hall–Kier alpha value is -2.77. The van der Waals surface area contributed by atoms with Crippen molar-refractivity contribution in [3.8, 4) is 5.75 Å². The van der Waals surface area contributed by atoms with E-state index in [1.165, 1.54) is 0 Å². The van der Waals surface area contributed by atoms with Gasteiger partial charge in [0.05, 0.1) is 0 Å². The molecule has 1 rings (SSSR count). The molecule has 8 heteroatoms. The second-order valence-electron chi connectivity index (χ2n) is 11.9. The normalized spacial score (nSPS) is 14.5. The summed E-state index contributed by atoms with van der Waals surface area (Å²) in [6.45, 7) is 20.5. The summed E-state index contributed by atoms with van der Waals surface area (Å²) in [4.78, 5) is 42.4. The van der Waals surface area contributed by atoms with Gasteiger partial charge in [0.2, 0.25) is 11.8 Å². The Bertz CT molecular complexity index is 936. The lowest BCUT2D eigenvalue weighted by molar-refractivity contribution is -0.150. The molecular formula is C29H49N3O5. The third-order valence-corrected chi connectivity index (χ3v) is 6.51. The van der Waals surface area contributed by atoms with Crippen LogP contribution in [0, 0.1) is 12.8 Å². The highest BCUT2D eigenvalue weighted by Crippen LogP contribution is 2.34. The number of alkyl carbamates (subject to hydrolysis) is 1. The molecule has 0 radical (unpaired) electrons. The molecule has 0 bridgehead atoms. The van der Waals surface area contributed by atoms with Gasteiger partial charge in [-0.15, -0.1) is 0 Å².